The first kappa shape index (κ1) is 13.2. The van der Waals surface area contributed by atoms with E-state index in [-0.39, 0.29) is 23.7 Å². The number of hydrogen-bond donors (Lipinski definition) is 0. The molecule has 0 aromatic rings. The van der Waals surface area contributed by atoms with Crippen LogP contribution in [0.5, 0.6) is 0 Å². The van der Waals surface area contributed by atoms with E-state index in [0.29, 0.717) is 0 Å². The van der Waals surface area contributed by atoms with Crippen molar-refractivity contribution in [2.75, 3.05) is 27.7 Å². The third-order valence-corrected chi connectivity index (χ3v) is 3.59. The average Bonchev–Trinajstić information content (AvgIpc) is 2.08. The zero-order chi connectivity index (χ0) is 12.3. The van der Waals surface area contributed by atoms with Crippen LogP contribution in [0.1, 0.15) is 32.6 Å². The van der Waals surface area contributed by atoms with Crippen LogP contribution < -0.4 is 0 Å². The maximum Gasteiger partial charge on any atom is 0.229 e. The van der Waals surface area contributed by atoms with Gasteiger partial charge in [0, 0.05) is 19.1 Å². The lowest BCUT2D eigenvalue weighted by Crippen LogP contribution is -2.57. The summed E-state index contributed by atoms with van der Waals surface area (Å²) in [5.41, 5.74) is 0.140. The van der Waals surface area contributed by atoms with E-state index in [9.17, 15) is 9.59 Å². The molecule has 0 heterocycles. The number of ketones is 1. The van der Waals surface area contributed by atoms with E-state index in [1.54, 1.807) is 11.9 Å². The third kappa shape index (κ3) is 2.82. The molecule has 1 aliphatic carbocycles. The fourth-order valence-electron chi connectivity index (χ4n) is 2.21. The van der Waals surface area contributed by atoms with E-state index in [1.807, 2.05) is 0 Å². The zero-order valence-corrected chi connectivity index (χ0v) is 10.7. The van der Waals surface area contributed by atoms with Crippen molar-refractivity contribution >= 4 is 11.7 Å². The Bertz CT molecular complexity index is 283. The van der Waals surface area contributed by atoms with E-state index in [0.717, 1.165) is 19.4 Å². The van der Waals surface area contributed by atoms with E-state index in [4.69, 9.17) is 0 Å². The Hall–Kier alpha value is -0.900. The van der Waals surface area contributed by atoms with Crippen molar-refractivity contribution in [3.63, 3.8) is 0 Å². The smallest absolute Gasteiger partial charge is 0.229 e. The molecular formula is C12H22N2O2. The fourth-order valence-corrected chi connectivity index (χ4v) is 2.21. The Balaban J connectivity index is 2.52. The second-order valence-electron chi connectivity index (χ2n) is 5.10. The van der Waals surface area contributed by atoms with Crippen LogP contribution in [0.2, 0.25) is 0 Å². The number of Topliss-reactive ketones (excluding diaryl/α,β-unsaturated/α-hetero) is 1. The summed E-state index contributed by atoms with van der Waals surface area (Å²) in [5.74, 6) is -0.134. The molecule has 1 fully saturated rings. The molecular weight excluding hydrogens is 204 g/mol. The van der Waals surface area contributed by atoms with Crippen LogP contribution >= 0.6 is 0 Å². The molecule has 0 aromatic carbocycles. The summed E-state index contributed by atoms with van der Waals surface area (Å²) in [5, 5.41) is 0. The average molecular weight is 226 g/mol. The number of rotatable bonds is 5. The highest BCUT2D eigenvalue weighted by molar-refractivity contribution is 5.96. The van der Waals surface area contributed by atoms with Gasteiger partial charge in [0.25, 0.3) is 0 Å². The molecule has 1 aliphatic rings. The molecule has 0 N–H and O–H groups in total. The van der Waals surface area contributed by atoms with Gasteiger partial charge in [-0.1, -0.05) is 0 Å². The van der Waals surface area contributed by atoms with E-state index < -0.39 is 0 Å². The highest BCUT2D eigenvalue weighted by atomic mass is 16.2. The van der Waals surface area contributed by atoms with E-state index in [1.165, 1.54) is 13.3 Å². The molecule has 0 aromatic heterocycles. The largest absolute Gasteiger partial charge is 0.344 e. The van der Waals surface area contributed by atoms with Crippen LogP contribution in [0.4, 0.5) is 0 Å². The summed E-state index contributed by atoms with van der Waals surface area (Å²) in [6.07, 6.45) is 3.53. The molecule has 1 amide bonds. The van der Waals surface area contributed by atoms with Gasteiger partial charge in [-0.2, -0.15) is 0 Å². The Labute approximate surface area is 97.6 Å². The van der Waals surface area contributed by atoms with Crippen LogP contribution in [0.15, 0.2) is 0 Å². The molecule has 0 aliphatic heterocycles. The minimum Gasteiger partial charge on any atom is -0.344 e. The Morgan fingerprint density at radius 1 is 1.19 bits per heavy atom. The highest BCUT2D eigenvalue weighted by Gasteiger charge is 2.40. The van der Waals surface area contributed by atoms with Crippen LogP contribution in [0.25, 0.3) is 0 Å². The molecule has 0 bridgehead atoms. The first-order valence-corrected chi connectivity index (χ1v) is 5.78. The predicted octanol–water partition coefficient (Wildman–Crippen LogP) is 0.908. The lowest BCUT2D eigenvalue weighted by atomic mass is 9.75. The topological polar surface area (TPSA) is 40.6 Å². The van der Waals surface area contributed by atoms with Gasteiger partial charge < -0.3 is 9.80 Å². The SMILES string of the molecule is CC(=O)CC(=O)N(C)CC1(N(C)C)CCC1. The molecule has 0 spiro atoms. The molecule has 0 saturated heterocycles. The van der Waals surface area contributed by atoms with Gasteiger partial charge in [-0.15, -0.1) is 0 Å². The van der Waals surface area contributed by atoms with Gasteiger partial charge in [0.05, 0.1) is 6.42 Å². The number of carbonyl (C=O) groups is 2. The molecule has 0 radical (unpaired) electrons. The second kappa shape index (κ2) is 4.95. The lowest BCUT2D eigenvalue weighted by molar-refractivity contribution is -0.136. The number of nitrogens with zero attached hydrogens (tertiary/aromatic N) is 2. The van der Waals surface area contributed by atoms with Crippen molar-refractivity contribution in [2.45, 2.75) is 38.1 Å². The quantitative estimate of drug-likeness (QED) is 0.654. The summed E-state index contributed by atoms with van der Waals surface area (Å²) >= 11 is 0. The summed E-state index contributed by atoms with van der Waals surface area (Å²) in [6.45, 7) is 2.18. The first-order valence-electron chi connectivity index (χ1n) is 5.78. The second-order valence-corrected chi connectivity index (χ2v) is 5.10. The van der Waals surface area contributed by atoms with Gasteiger partial charge >= 0.3 is 0 Å². The van der Waals surface area contributed by atoms with Gasteiger partial charge in [0.15, 0.2) is 0 Å². The Morgan fingerprint density at radius 2 is 1.75 bits per heavy atom. The van der Waals surface area contributed by atoms with Gasteiger partial charge in [-0.25, -0.2) is 0 Å². The minimum atomic E-state index is -0.0689. The van der Waals surface area contributed by atoms with Crippen molar-refractivity contribution in [1.29, 1.82) is 0 Å². The minimum absolute atomic E-state index is 0.0278. The summed E-state index contributed by atoms with van der Waals surface area (Å²) in [4.78, 5) is 26.5. The summed E-state index contributed by atoms with van der Waals surface area (Å²) < 4.78 is 0. The third-order valence-electron chi connectivity index (χ3n) is 3.59. The molecule has 0 unspecified atom stereocenters. The monoisotopic (exact) mass is 226 g/mol. The fraction of sp³-hybridized carbons (Fsp3) is 0.833. The van der Waals surface area contributed by atoms with Crippen molar-refractivity contribution in [3.8, 4) is 0 Å². The summed E-state index contributed by atoms with van der Waals surface area (Å²) in [7, 11) is 5.90. The highest BCUT2D eigenvalue weighted by Crippen LogP contribution is 2.36. The van der Waals surface area contributed by atoms with Crippen molar-refractivity contribution < 1.29 is 9.59 Å². The standard InChI is InChI=1S/C12H22N2O2/c1-10(15)8-11(16)14(4)9-12(13(2)3)6-5-7-12/h5-9H2,1-4H3. The number of amides is 1. The van der Waals surface area contributed by atoms with Crippen LogP contribution in [-0.2, 0) is 9.59 Å². The maximum absolute atomic E-state index is 11.7. The maximum atomic E-state index is 11.7. The number of carbonyl (C=O) groups excluding carboxylic acids is 2. The normalized spacial score (nSPS) is 18.1. The number of likely N-dealkylation sites (N-methyl/N-ethyl adjacent to an activating group) is 2. The molecule has 4 nitrogen and oxygen atoms in total. The molecule has 92 valence electrons. The van der Waals surface area contributed by atoms with Crippen molar-refractivity contribution in [1.82, 2.24) is 9.80 Å². The molecule has 16 heavy (non-hydrogen) atoms. The predicted molar refractivity (Wildman–Crippen MR) is 63.2 cm³/mol. The van der Waals surface area contributed by atoms with Crippen molar-refractivity contribution in [3.05, 3.63) is 0 Å². The van der Waals surface area contributed by atoms with Gasteiger partial charge in [0.2, 0.25) is 5.91 Å². The Morgan fingerprint density at radius 3 is 2.06 bits per heavy atom. The van der Waals surface area contributed by atoms with E-state index >= 15 is 0 Å². The van der Waals surface area contributed by atoms with Crippen LogP contribution in [0, 0.1) is 0 Å². The van der Waals surface area contributed by atoms with Crippen LogP contribution in [-0.4, -0.2) is 54.7 Å². The first-order chi connectivity index (χ1) is 7.37. The lowest BCUT2D eigenvalue weighted by Gasteiger charge is -2.49. The number of hydrogen-bond acceptors (Lipinski definition) is 3. The van der Waals surface area contributed by atoms with E-state index in [2.05, 4.69) is 19.0 Å². The van der Waals surface area contributed by atoms with Crippen molar-refractivity contribution in [2.24, 2.45) is 0 Å². The Kier molecular flexibility index (Phi) is 4.08. The van der Waals surface area contributed by atoms with Gasteiger partial charge in [0.1, 0.15) is 5.78 Å². The molecule has 1 rings (SSSR count). The molecule has 4 heteroatoms. The zero-order valence-electron chi connectivity index (χ0n) is 10.7. The van der Waals surface area contributed by atoms with Gasteiger partial charge in [-0.3, -0.25) is 9.59 Å². The molecule has 1 saturated carbocycles. The molecule has 0 atom stereocenters. The van der Waals surface area contributed by atoms with Gasteiger partial charge in [-0.05, 0) is 40.3 Å². The summed E-state index contributed by atoms with van der Waals surface area (Å²) in [6, 6.07) is 0. The van der Waals surface area contributed by atoms with Crippen LogP contribution in [0.3, 0.4) is 0 Å².